The van der Waals surface area contributed by atoms with Crippen molar-refractivity contribution >= 4 is 39.9 Å². The molecule has 2 nitrogen and oxygen atoms in total. The first-order chi connectivity index (χ1) is 9.10. The number of benzene rings is 2. The fourth-order valence-electron chi connectivity index (χ4n) is 1.77. The molecular weight excluding hydrogens is 371 g/mol. The lowest BCUT2D eigenvalue weighted by molar-refractivity contribution is 0.884. The first kappa shape index (κ1) is 14.2. The first-order valence-electron chi connectivity index (χ1n) is 5.82. The molecule has 1 atom stereocenters. The third-order valence-corrected chi connectivity index (χ3v) is 3.87. The molecule has 0 aliphatic heterocycles. The van der Waals surface area contributed by atoms with E-state index < -0.39 is 0 Å². The van der Waals surface area contributed by atoms with Crippen LogP contribution in [0.4, 0.5) is 5.69 Å². The van der Waals surface area contributed by atoms with Gasteiger partial charge in [0, 0.05) is 9.61 Å². The minimum Gasteiger partial charge on any atom is -0.377 e. The van der Waals surface area contributed by atoms with Gasteiger partial charge in [-0.3, -0.25) is 0 Å². The lowest BCUT2D eigenvalue weighted by Crippen LogP contribution is -2.07. The van der Waals surface area contributed by atoms with E-state index in [-0.39, 0.29) is 6.04 Å². The maximum Gasteiger partial charge on any atom is 0.0992 e. The molecular formula is C15H12ClIN2. The molecule has 2 aromatic carbocycles. The van der Waals surface area contributed by atoms with Crippen LogP contribution in [0.25, 0.3) is 0 Å². The van der Waals surface area contributed by atoms with E-state index in [1.165, 1.54) is 9.13 Å². The highest BCUT2D eigenvalue weighted by molar-refractivity contribution is 14.1. The highest BCUT2D eigenvalue weighted by atomic mass is 127. The number of hydrogen-bond acceptors (Lipinski definition) is 2. The Morgan fingerprint density at radius 3 is 2.47 bits per heavy atom. The van der Waals surface area contributed by atoms with Crippen molar-refractivity contribution in [2.24, 2.45) is 0 Å². The van der Waals surface area contributed by atoms with Crippen molar-refractivity contribution in [3.05, 3.63) is 62.2 Å². The van der Waals surface area contributed by atoms with E-state index in [9.17, 15) is 0 Å². The smallest absolute Gasteiger partial charge is 0.0992 e. The van der Waals surface area contributed by atoms with Crippen molar-refractivity contribution in [2.75, 3.05) is 5.32 Å². The van der Waals surface area contributed by atoms with Gasteiger partial charge in [-0.1, -0.05) is 23.7 Å². The highest BCUT2D eigenvalue weighted by Gasteiger charge is 2.08. The van der Waals surface area contributed by atoms with Crippen LogP contribution in [0.3, 0.4) is 0 Å². The van der Waals surface area contributed by atoms with E-state index in [4.69, 9.17) is 16.9 Å². The van der Waals surface area contributed by atoms with Crippen LogP contribution >= 0.6 is 34.2 Å². The van der Waals surface area contributed by atoms with Crippen molar-refractivity contribution in [1.29, 1.82) is 5.26 Å². The number of hydrogen-bond donors (Lipinski definition) is 1. The minimum absolute atomic E-state index is 0.155. The van der Waals surface area contributed by atoms with E-state index in [2.05, 4.69) is 65.2 Å². The number of rotatable bonds is 3. The maximum atomic E-state index is 8.81. The van der Waals surface area contributed by atoms with E-state index in [0.29, 0.717) is 10.6 Å². The van der Waals surface area contributed by atoms with Crippen molar-refractivity contribution < 1.29 is 0 Å². The standard InChI is InChI=1S/C15H12ClIN2/c1-10(12-3-5-13(17)6-4-12)19-15-7-2-11(9-18)8-14(15)16/h2-8,10,19H,1H3. The predicted molar refractivity (Wildman–Crippen MR) is 87.4 cm³/mol. The van der Waals surface area contributed by atoms with Gasteiger partial charge in [0.2, 0.25) is 0 Å². The van der Waals surface area contributed by atoms with Crippen LogP contribution in [0.2, 0.25) is 5.02 Å². The Bertz CT molecular complexity index is 617. The highest BCUT2D eigenvalue weighted by Crippen LogP contribution is 2.27. The van der Waals surface area contributed by atoms with E-state index in [0.717, 1.165) is 5.69 Å². The average molecular weight is 383 g/mol. The molecule has 0 radical (unpaired) electrons. The van der Waals surface area contributed by atoms with Gasteiger partial charge in [-0.05, 0) is 65.4 Å². The van der Waals surface area contributed by atoms with Crippen molar-refractivity contribution in [2.45, 2.75) is 13.0 Å². The van der Waals surface area contributed by atoms with Crippen LogP contribution in [0, 0.1) is 14.9 Å². The number of nitrogens with zero attached hydrogens (tertiary/aromatic N) is 1. The molecule has 0 heterocycles. The number of nitriles is 1. The van der Waals surface area contributed by atoms with E-state index in [1.54, 1.807) is 12.1 Å². The third kappa shape index (κ3) is 3.62. The molecule has 0 aliphatic rings. The summed E-state index contributed by atoms with van der Waals surface area (Å²) in [6, 6.07) is 15.8. The quantitative estimate of drug-likeness (QED) is 0.759. The fourth-order valence-corrected chi connectivity index (χ4v) is 2.36. The van der Waals surface area contributed by atoms with Crippen LogP contribution in [-0.4, -0.2) is 0 Å². The summed E-state index contributed by atoms with van der Waals surface area (Å²) in [4.78, 5) is 0. The summed E-state index contributed by atoms with van der Waals surface area (Å²) < 4.78 is 1.21. The summed E-state index contributed by atoms with van der Waals surface area (Å²) in [6.07, 6.45) is 0. The molecule has 2 rings (SSSR count). The molecule has 4 heteroatoms. The Kier molecular flexibility index (Phi) is 4.67. The van der Waals surface area contributed by atoms with Crippen LogP contribution in [0.5, 0.6) is 0 Å². The fraction of sp³-hybridized carbons (Fsp3) is 0.133. The van der Waals surface area contributed by atoms with Gasteiger partial charge in [-0.2, -0.15) is 5.26 Å². The average Bonchev–Trinajstić information content (AvgIpc) is 2.41. The molecule has 0 saturated heterocycles. The zero-order valence-electron chi connectivity index (χ0n) is 10.3. The topological polar surface area (TPSA) is 35.8 Å². The molecule has 0 spiro atoms. The Morgan fingerprint density at radius 2 is 1.89 bits per heavy atom. The summed E-state index contributed by atoms with van der Waals surface area (Å²) in [6.45, 7) is 2.08. The molecule has 0 amide bonds. The number of nitrogens with one attached hydrogen (secondary N) is 1. The van der Waals surface area contributed by atoms with Crippen LogP contribution in [-0.2, 0) is 0 Å². The lowest BCUT2D eigenvalue weighted by Gasteiger charge is -2.17. The van der Waals surface area contributed by atoms with Crippen molar-refractivity contribution in [1.82, 2.24) is 0 Å². The summed E-state index contributed by atoms with van der Waals surface area (Å²) >= 11 is 8.43. The zero-order valence-corrected chi connectivity index (χ0v) is 13.2. The second-order valence-electron chi connectivity index (χ2n) is 4.22. The molecule has 0 fully saturated rings. The van der Waals surface area contributed by atoms with Crippen LogP contribution < -0.4 is 5.32 Å². The van der Waals surface area contributed by atoms with Gasteiger partial charge in [0.05, 0.1) is 22.3 Å². The largest absolute Gasteiger partial charge is 0.377 e. The normalized spacial score (nSPS) is 11.7. The predicted octanol–water partition coefficient (Wildman–Crippen LogP) is 4.99. The Labute approximate surface area is 131 Å². The molecule has 0 bridgehead atoms. The molecule has 1 N–H and O–H groups in total. The number of anilines is 1. The monoisotopic (exact) mass is 382 g/mol. The molecule has 19 heavy (non-hydrogen) atoms. The van der Waals surface area contributed by atoms with Gasteiger partial charge >= 0.3 is 0 Å². The molecule has 1 unspecified atom stereocenters. The molecule has 0 saturated carbocycles. The maximum absolute atomic E-state index is 8.81. The third-order valence-electron chi connectivity index (χ3n) is 2.84. The molecule has 2 aromatic rings. The van der Waals surface area contributed by atoms with Gasteiger partial charge in [0.15, 0.2) is 0 Å². The number of halogens is 2. The van der Waals surface area contributed by atoms with Gasteiger partial charge in [0.1, 0.15) is 0 Å². The van der Waals surface area contributed by atoms with Crippen molar-refractivity contribution in [3.8, 4) is 6.07 Å². The first-order valence-corrected chi connectivity index (χ1v) is 7.27. The minimum atomic E-state index is 0.155. The van der Waals surface area contributed by atoms with Gasteiger partial charge in [0.25, 0.3) is 0 Å². The van der Waals surface area contributed by atoms with Crippen LogP contribution in [0.15, 0.2) is 42.5 Å². The van der Waals surface area contributed by atoms with Gasteiger partial charge in [-0.25, -0.2) is 0 Å². The van der Waals surface area contributed by atoms with Crippen LogP contribution in [0.1, 0.15) is 24.1 Å². The van der Waals surface area contributed by atoms with Gasteiger partial charge in [-0.15, -0.1) is 0 Å². The second kappa shape index (κ2) is 6.27. The summed E-state index contributed by atoms with van der Waals surface area (Å²) in [5.41, 5.74) is 2.60. The van der Waals surface area contributed by atoms with Gasteiger partial charge < -0.3 is 5.32 Å². The SMILES string of the molecule is CC(Nc1ccc(C#N)cc1Cl)c1ccc(I)cc1. The zero-order chi connectivity index (χ0) is 13.8. The Morgan fingerprint density at radius 1 is 1.21 bits per heavy atom. The summed E-state index contributed by atoms with van der Waals surface area (Å²) in [5, 5.41) is 12.7. The van der Waals surface area contributed by atoms with E-state index in [1.807, 2.05) is 6.07 Å². The van der Waals surface area contributed by atoms with E-state index >= 15 is 0 Å². The van der Waals surface area contributed by atoms with Crippen molar-refractivity contribution in [3.63, 3.8) is 0 Å². The molecule has 0 aliphatic carbocycles. The molecule has 96 valence electrons. The Balaban J connectivity index is 2.17. The second-order valence-corrected chi connectivity index (χ2v) is 5.88. The molecule has 0 aromatic heterocycles. The summed E-state index contributed by atoms with van der Waals surface area (Å²) in [5.74, 6) is 0. The lowest BCUT2D eigenvalue weighted by atomic mass is 10.1. The summed E-state index contributed by atoms with van der Waals surface area (Å²) in [7, 11) is 0. The Hall–Kier alpha value is -1.25.